The fourth-order valence-electron chi connectivity index (χ4n) is 3.35. The van der Waals surface area contributed by atoms with Gasteiger partial charge in [0, 0.05) is 11.3 Å². The van der Waals surface area contributed by atoms with Gasteiger partial charge in [-0.15, -0.1) is 0 Å². The van der Waals surface area contributed by atoms with Crippen molar-refractivity contribution in [1.82, 2.24) is 4.98 Å². The average Bonchev–Trinajstić information content (AvgIpc) is 2.83. The first kappa shape index (κ1) is 21.3. The lowest BCUT2D eigenvalue weighted by Crippen LogP contribution is -2.20. The van der Waals surface area contributed by atoms with Gasteiger partial charge < -0.3 is 14.5 Å². The van der Waals surface area contributed by atoms with Crippen LogP contribution in [0.4, 0.5) is 5.69 Å². The number of para-hydroxylation sites is 1. The second kappa shape index (κ2) is 9.47. The fourth-order valence-corrected chi connectivity index (χ4v) is 3.35. The Kier molecular flexibility index (Phi) is 6.31. The van der Waals surface area contributed by atoms with Crippen molar-refractivity contribution < 1.29 is 13.9 Å². The Morgan fingerprint density at radius 3 is 2.62 bits per heavy atom. The van der Waals surface area contributed by atoms with Crippen LogP contribution in [0.5, 0.6) is 5.75 Å². The van der Waals surface area contributed by atoms with Crippen LogP contribution in [0, 0.1) is 0 Å². The van der Waals surface area contributed by atoms with E-state index in [0.29, 0.717) is 33.8 Å². The van der Waals surface area contributed by atoms with Crippen LogP contribution in [0.2, 0.25) is 0 Å². The molecule has 0 saturated heterocycles. The van der Waals surface area contributed by atoms with Gasteiger partial charge in [0.25, 0.3) is 5.91 Å². The Balaban J connectivity index is 1.43. The first-order valence-corrected chi connectivity index (χ1v) is 10.6. The third kappa shape index (κ3) is 4.86. The van der Waals surface area contributed by atoms with E-state index in [0.717, 1.165) is 6.42 Å². The Morgan fingerprint density at radius 1 is 1.06 bits per heavy atom. The minimum absolute atomic E-state index is 0.115. The summed E-state index contributed by atoms with van der Waals surface area (Å²) in [7, 11) is 0. The van der Waals surface area contributed by atoms with Crippen LogP contribution in [-0.4, -0.2) is 17.5 Å². The number of benzene rings is 3. The maximum absolute atomic E-state index is 12.4. The second-order valence-corrected chi connectivity index (χ2v) is 7.62. The highest BCUT2D eigenvalue weighted by atomic mass is 16.5. The number of nitrogens with zero attached hydrogens (tertiary/aromatic N) is 1. The number of rotatable bonds is 7. The highest BCUT2D eigenvalue weighted by Gasteiger charge is 2.10. The molecule has 6 nitrogen and oxygen atoms in total. The van der Waals surface area contributed by atoms with E-state index in [1.165, 1.54) is 5.56 Å². The standard InChI is InChI=1S/C26H24N2O4/c1-3-17(2)18-11-13-21(14-12-18)31-16-24(29)27-20-8-6-7-19(15-20)25-28-23-10-5-4-9-22(23)26(30)32-25/h4-15,17H,3,16H2,1-2H3,(H,27,29)/t17-/m1/s1. The van der Waals surface area contributed by atoms with Gasteiger partial charge in [-0.1, -0.05) is 44.2 Å². The maximum atomic E-state index is 12.4. The summed E-state index contributed by atoms with van der Waals surface area (Å²) in [5.41, 5.74) is 2.50. The first-order chi connectivity index (χ1) is 15.5. The minimum atomic E-state index is -0.451. The van der Waals surface area contributed by atoms with Crippen LogP contribution >= 0.6 is 0 Å². The minimum Gasteiger partial charge on any atom is -0.484 e. The Hall–Kier alpha value is -3.93. The van der Waals surface area contributed by atoms with Crippen molar-refractivity contribution in [2.45, 2.75) is 26.2 Å². The third-order valence-electron chi connectivity index (χ3n) is 5.36. The average molecular weight is 428 g/mol. The number of fused-ring (bicyclic) bond motifs is 1. The molecular weight excluding hydrogens is 404 g/mol. The van der Waals surface area contributed by atoms with Crippen molar-refractivity contribution in [2.24, 2.45) is 0 Å². The van der Waals surface area contributed by atoms with E-state index in [9.17, 15) is 9.59 Å². The molecule has 0 aliphatic carbocycles. The second-order valence-electron chi connectivity index (χ2n) is 7.62. The molecule has 0 radical (unpaired) electrons. The molecule has 0 fully saturated rings. The van der Waals surface area contributed by atoms with E-state index in [-0.39, 0.29) is 18.4 Å². The molecule has 1 N–H and O–H groups in total. The lowest BCUT2D eigenvalue weighted by Gasteiger charge is -2.11. The Labute approximate surface area is 185 Å². The molecule has 1 amide bonds. The number of hydrogen-bond acceptors (Lipinski definition) is 5. The number of carbonyl (C=O) groups excluding carboxylic acids is 1. The highest BCUT2D eigenvalue weighted by molar-refractivity contribution is 5.92. The Bertz CT molecular complexity index is 1300. The lowest BCUT2D eigenvalue weighted by molar-refractivity contribution is -0.118. The van der Waals surface area contributed by atoms with Crippen LogP contribution in [0.3, 0.4) is 0 Å². The normalized spacial score (nSPS) is 11.8. The molecule has 6 heteroatoms. The van der Waals surface area contributed by atoms with Crippen molar-refractivity contribution in [2.75, 3.05) is 11.9 Å². The smallest absolute Gasteiger partial charge is 0.347 e. The third-order valence-corrected chi connectivity index (χ3v) is 5.36. The molecule has 0 spiro atoms. The van der Waals surface area contributed by atoms with Crippen molar-refractivity contribution in [1.29, 1.82) is 0 Å². The van der Waals surface area contributed by atoms with Crippen molar-refractivity contribution >= 4 is 22.5 Å². The zero-order valence-corrected chi connectivity index (χ0v) is 18.0. The van der Waals surface area contributed by atoms with Gasteiger partial charge in [-0.2, -0.15) is 0 Å². The monoisotopic (exact) mass is 428 g/mol. The molecule has 3 aromatic carbocycles. The number of aromatic nitrogens is 1. The Morgan fingerprint density at radius 2 is 1.84 bits per heavy atom. The predicted octanol–water partition coefficient (Wildman–Crippen LogP) is 5.39. The number of amides is 1. The van der Waals surface area contributed by atoms with Gasteiger partial charge in [-0.25, -0.2) is 9.78 Å². The summed E-state index contributed by atoms with van der Waals surface area (Å²) in [6.45, 7) is 4.21. The first-order valence-electron chi connectivity index (χ1n) is 10.6. The molecule has 0 bridgehead atoms. The van der Waals surface area contributed by atoms with Gasteiger partial charge >= 0.3 is 5.63 Å². The molecule has 4 rings (SSSR count). The molecular formula is C26H24N2O4. The molecule has 32 heavy (non-hydrogen) atoms. The van der Waals surface area contributed by atoms with Crippen molar-refractivity contribution in [3.63, 3.8) is 0 Å². The summed E-state index contributed by atoms with van der Waals surface area (Å²) < 4.78 is 11.0. The quantitative estimate of drug-likeness (QED) is 0.427. The fraction of sp³-hybridized carbons (Fsp3) is 0.192. The topological polar surface area (TPSA) is 81.4 Å². The summed E-state index contributed by atoms with van der Waals surface area (Å²) >= 11 is 0. The van der Waals surface area contributed by atoms with Crippen molar-refractivity contribution in [3.8, 4) is 17.2 Å². The van der Waals surface area contributed by atoms with Gasteiger partial charge in [-0.3, -0.25) is 4.79 Å². The van der Waals surface area contributed by atoms with E-state index >= 15 is 0 Å². The zero-order chi connectivity index (χ0) is 22.5. The van der Waals surface area contributed by atoms with E-state index < -0.39 is 5.63 Å². The largest absolute Gasteiger partial charge is 0.484 e. The van der Waals surface area contributed by atoms with Crippen LogP contribution in [0.15, 0.2) is 82.0 Å². The van der Waals surface area contributed by atoms with Gasteiger partial charge in [0.2, 0.25) is 5.89 Å². The molecule has 1 heterocycles. The number of anilines is 1. The van der Waals surface area contributed by atoms with Gasteiger partial charge in [0.1, 0.15) is 5.75 Å². The summed E-state index contributed by atoms with van der Waals surface area (Å²) in [5.74, 6) is 1.03. The predicted molar refractivity (Wildman–Crippen MR) is 125 cm³/mol. The van der Waals surface area contributed by atoms with E-state index in [1.807, 2.05) is 30.3 Å². The van der Waals surface area contributed by atoms with E-state index in [4.69, 9.17) is 9.15 Å². The van der Waals surface area contributed by atoms with Gasteiger partial charge in [-0.05, 0) is 60.4 Å². The molecule has 1 atom stereocenters. The molecule has 1 aromatic heterocycles. The number of hydrogen-bond donors (Lipinski definition) is 1. The van der Waals surface area contributed by atoms with Gasteiger partial charge in [0.05, 0.1) is 10.9 Å². The summed E-state index contributed by atoms with van der Waals surface area (Å²) in [4.78, 5) is 29.0. The zero-order valence-electron chi connectivity index (χ0n) is 18.0. The van der Waals surface area contributed by atoms with Crippen LogP contribution in [0.25, 0.3) is 22.4 Å². The van der Waals surface area contributed by atoms with Crippen LogP contribution in [-0.2, 0) is 4.79 Å². The van der Waals surface area contributed by atoms with E-state index in [1.54, 1.807) is 42.5 Å². The van der Waals surface area contributed by atoms with Crippen LogP contribution in [0.1, 0.15) is 31.7 Å². The van der Waals surface area contributed by atoms with Crippen molar-refractivity contribution in [3.05, 3.63) is 88.8 Å². The number of nitrogens with one attached hydrogen (secondary N) is 1. The molecule has 0 aliphatic heterocycles. The van der Waals surface area contributed by atoms with Crippen LogP contribution < -0.4 is 15.7 Å². The molecule has 0 aliphatic rings. The maximum Gasteiger partial charge on any atom is 0.347 e. The molecule has 0 unspecified atom stereocenters. The lowest BCUT2D eigenvalue weighted by atomic mass is 9.99. The molecule has 0 saturated carbocycles. The van der Waals surface area contributed by atoms with Gasteiger partial charge in [0.15, 0.2) is 6.61 Å². The SMILES string of the molecule is CC[C@@H](C)c1ccc(OCC(=O)Nc2cccc(-c3nc4ccccc4c(=O)o3)c2)cc1. The summed E-state index contributed by atoms with van der Waals surface area (Å²) in [6.07, 6.45) is 1.07. The number of carbonyl (C=O) groups is 1. The number of ether oxygens (including phenoxy) is 1. The summed E-state index contributed by atoms with van der Waals surface area (Å²) in [6, 6.07) is 21.8. The molecule has 162 valence electrons. The summed E-state index contributed by atoms with van der Waals surface area (Å²) in [5, 5.41) is 3.23. The highest BCUT2D eigenvalue weighted by Crippen LogP contribution is 2.23. The van der Waals surface area contributed by atoms with E-state index in [2.05, 4.69) is 24.1 Å². The molecule has 4 aromatic rings.